The molecule has 0 bridgehead atoms. The molecule has 0 radical (unpaired) electrons. The highest BCUT2D eigenvalue weighted by molar-refractivity contribution is 5.84. The molecule has 206 valence electrons. The molecule has 0 heterocycles. The zero-order valence-electron chi connectivity index (χ0n) is 26.4. The van der Waals surface area contributed by atoms with Gasteiger partial charge < -0.3 is 5.32 Å². The third-order valence-electron chi connectivity index (χ3n) is 11.1. The molecule has 1 N–H and O–H groups in total. The van der Waals surface area contributed by atoms with Crippen LogP contribution >= 0.6 is 0 Å². The van der Waals surface area contributed by atoms with Crippen LogP contribution in [0.1, 0.15) is 134 Å². The second-order valence-corrected chi connectivity index (χ2v) is 16.2. The number of hydrogen-bond donors (Lipinski definition) is 1. The fourth-order valence-corrected chi connectivity index (χ4v) is 7.89. The quantitative estimate of drug-likeness (QED) is 0.355. The van der Waals surface area contributed by atoms with Gasteiger partial charge in [0.15, 0.2) is 0 Å². The number of nitrogens with one attached hydrogen (secondary N) is 1. The summed E-state index contributed by atoms with van der Waals surface area (Å²) >= 11 is 0. The van der Waals surface area contributed by atoms with Crippen LogP contribution in [-0.2, 0) is 27.1 Å². The molecular formula is C38H49N. The number of fused-ring (bicyclic) bond motifs is 5. The normalized spacial score (nSPS) is 22.3. The minimum Gasteiger partial charge on any atom is -0.355 e. The highest BCUT2D eigenvalue weighted by Crippen LogP contribution is 2.55. The molecule has 0 saturated carbocycles. The van der Waals surface area contributed by atoms with Gasteiger partial charge in [0.05, 0.1) is 0 Å². The van der Waals surface area contributed by atoms with Crippen LogP contribution in [0.5, 0.6) is 0 Å². The standard InChI is InChI=1S/C38H49N/c1-23-18-29-32(37(8,9)17-14-34(29,2)3)22-33(23)39-24-12-13-25-26-20-30-31(36(6,7)16-15-35(30,4)5)21-28(26)38(10,11)27(25)19-24/h12-13,18-22,39H,14-17H2,1-11H3. The highest BCUT2D eigenvalue weighted by Gasteiger charge is 2.43. The minimum absolute atomic E-state index is 0.0219. The van der Waals surface area contributed by atoms with E-state index in [-0.39, 0.29) is 27.1 Å². The Kier molecular flexibility index (Phi) is 5.48. The third kappa shape index (κ3) is 3.93. The van der Waals surface area contributed by atoms with E-state index in [0.717, 1.165) is 0 Å². The fourth-order valence-electron chi connectivity index (χ4n) is 7.89. The van der Waals surface area contributed by atoms with E-state index in [1.807, 2.05) is 0 Å². The summed E-state index contributed by atoms with van der Waals surface area (Å²) in [6.45, 7) is 26.5. The van der Waals surface area contributed by atoms with Crippen molar-refractivity contribution in [3.05, 3.63) is 81.4 Å². The molecule has 1 heteroatoms. The Bertz CT molecular complexity index is 1510. The summed E-state index contributed by atoms with van der Waals surface area (Å²) in [6.07, 6.45) is 4.98. The van der Waals surface area contributed by atoms with Crippen molar-refractivity contribution in [2.45, 2.75) is 129 Å². The average molecular weight is 520 g/mol. The molecule has 0 atom stereocenters. The molecule has 1 nitrogen and oxygen atoms in total. The molecule has 0 unspecified atom stereocenters. The summed E-state index contributed by atoms with van der Waals surface area (Å²) in [5, 5.41) is 3.86. The van der Waals surface area contributed by atoms with E-state index in [9.17, 15) is 0 Å². The highest BCUT2D eigenvalue weighted by atomic mass is 14.9. The first-order valence-corrected chi connectivity index (χ1v) is 15.2. The fraction of sp³-hybridized carbons (Fsp3) is 0.526. The van der Waals surface area contributed by atoms with E-state index in [4.69, 9.17) is 0 Å². The smallest absolute Gasteiger partial charge is 0.0417 e. The van der Waals surface area contributed by atoms with Crippen molar-refractivity contribution in [2.24, 2.45) is 0 Å². The lowest BCUT2D eigenvalue weighted by atomic mass is 9.62. The zero-order valence-corrected chi connectivity index (χ0v) is 26.4. The Labute approximate surface area is 237 Å². The molecule has 0 aliphatic heterocycles. The molecule has 39 heavy (non-hydrogen) atoms. The minimum atomic E-state index is -0.0219. The summed E-state index contributed by atoms with van der Waals surface area (Å²) in [5.41, 5.74) is 16.6. The van der Waals surface area contributed by atoms with E-state index in [0.29, 0.717) is 0 Å². The second-order valence-electron chi connectivity index (χ2n) is 16.2. The molecular weight excluding hydrogens is 470 g/mol. The van der Waals surface area contributed by atoms with Crippen molar-refractivity contribution in [3.63, 3.8) is 0 Å². The molecule has 0 spiro atoms. The van der Waals surface area contributed by atoms with Crippen molar-refractivity contribution >= 4 is 11.4 Å². The Balaban J connectivity index is 1.42. The Morgan fingerprint density at radius 2 is 0.949 bits per heavy atom. The summed E-state index contributed by atoms with van der Waals surface area (Å²) in [6, 6.07) is 17.2. The topological polar surface area (TPSA) is 12.0 Å². The van der Waals surface area contributed by atoms with E-state index in [1.54, 1.807) is 11.1 Å². The van der Waals surface area contributed by atoms with Crippen LogP contribution < -0.4 is 5.32 Å². The number of benzene rings is 3. The van der Waals surface area contributed by atoms with Gasteiger partial charge in [0, 0.05) is 16.8 Å². The number of anilines is 2. The molecule has 0 saturated heterocycles. The van der Waals surface area contributed by atoms with Gasteiger partial charge in [-0.15, -0.1) is 0 Å². The lowest BCUT2D eigenvalue weighted by Gasteiger charge is -2.42. The van der Waals surface area contributed by atoms with Gasteiger partial charge in [0.1, 0.15) is 0 Å². The SMILES string of the molecule is Cc1cc2c(cc1Nc1ccc3c(c1)C(C)(C)c1cc4c(cc1-3)C(C)(C)CCC4(C)C)C(C)(C)CCC2(C)C. The predicted octanol–water partition coefficient (Wildman–Crippen LogP) is 10.7. The summed E-state index contributed by atoms with van der Waals surface area (Å²) in [5.74, 6) is 0. The van der Waals surface area contributed by atoms with Gasteiger partial charge in [0.25, 0.3) is 0 Å². The first-order valence-electron chi connectivity index (χ1n) is 15.2. The van der Waals surface area contributed by atoms with Crippen LogP contribution in [0, 0.1) is 6.92 Å². The largest absolute Gasteiger partial charge is 0.355 e. The van der Waals surface area contributed by atoms with Gasteiger partial charge in [-0.3, -0.25) is 0 Å². The first-order chi connectivity index (χ1) is 17.9. The van der Waals surface area contributed by atoms with Crippen LogP contribution in [-0.4, -0.2) is 0 Å². The molecule has 3 aromatic carbocycles. The summed E-state index contributed by atoms with van der Waals surface area (Å²) in [7, 11) is 0. The number of rotatable bonds is 2. The van der Waals surface area contributed by atoms with E-state index < -0.39 is 0 Å². The maximum absolute atomic E-state index is 3.86. The van der Waals surface area contributed by atoms with E-state index in [1.165, 1.54) is 76.0 Å². The Morgan fingerprint density at radius 1 is 0.487 bits per heavy atom. The van der Waals surface area contributed by atoms with Crippen LogP contribution in [0.2, 0.25) is 0 Å². The maximum Gasteiger partial charge on any atom is 0.0417 e. The molecule has 3 aliphatic carbocycles. The van der Waals surface area contributed by atoms with Gasteiger partial charge in [-0.1, -0.05) is 87.4 Å². The third-order valence-corrected chi connectivity index (χ3v) is 11.1. The molecule has 3 aromatic rings. The van der Waals surface area contributed by atoms with Gasteiger partial charge in [-0.25, -0.2) is 0 Å². The molecule has 6 rings (SSSR count). The van der Waals surface area contributed by atoms with E-state index in [2.05, 4.69) is 124 Å². The lowest BCUT2D eigenvalue weighted by molar-refractivity contribution is 0.331. The number of hydrogen-bond acceptors (Lipinski definition) is 1. The zero-order chi connectivity index (χ0) is 28.3. The van der Waals surface area contributed by atoms with Gasteiger partial charge in [-0.05, 0) is 129 Å². The summed E-state index contributed by atoms with van der Waals surface area (Å²) in [4.78, 5) is 0. The number of aryl methyl sites for hydroxylation is 1. The summed E-state index contributed by atoms with van der Waals surface area (Å²) < 4.78 is 0. The van der Waals surface area contributed by atoms with Crippen molar-refractivity contribution < 1.29 is 0 Å². The Morgan fingerprint density at radius 3 is 1.51 bits per heavy atom. The van der Waals surface area contributed by atoms with Crippen molar-refractivity contribution in [1.29, 1.82) is 0 Å². The van der Waals surface area contributed by atoms with Gasteiger partial charge in [-0.2, -0.15) is 0 Å². The van der Waals surface area contributed by atoms with Gasteiger partial charge in [0.2, 0.25) is 0 Å². The van der Waals surface area contributed by atoms with Crippen LogP contribution in [0.25, 0.3) is 11.1 Å². The molecule has 3 aliphatic rings. The van der Waals surface area contributed by atoms with Crippen LogP contribution in [0.4, 0.5) is 11.4 Å². The van der Waals surface area contributed by atoms with Crippen molar-refractivity contribution in [3.8, 4) is 11.1 Å². The van der Waals surface area contributed by atoms with E-state index >= 15 is 0 Å². The first kappa shape index (κ1) is 26.7. The Hall–Kier alpha value is -2.54. The molecule has 0 amide bonds. The van der Waals surface area contributed by atoms with Gasteiger partial charge >= 0.3 is 0 Å². The predicted molar refractivity (Wildman–Crippen MR) is 169 cm³/mol. The van der Waals surface area contributed by atoms with Crippen molar-refractivity contribution in [1.82, 2.24) is 0 Å². The maximum atomic E-state index is 3.86. The second kappa shape index (κ2) is 8.02. The molecule has 0 fully saturated rings. The van der Waals surface area contributed by atoms with Crippen LogP contribution in [0.15, 0.2) is 42.5 Å². The lowest BCUT2D eigenvalue weighted by Crippen LogP contribution is -2.34. The average Bonchev–Trinajstić information content (AvgIpc) is 3.06. The monoisotopic (exact) mass is 519 g/mol. The van der Waals surface area contributed by atoms with Crippen LogP contribution in [0.3, 0.4) is 0 Å². The molecule has 0 aromatic heterocycles. The van der Waals surface area contributed by atoms with Crippen molar-refractivity contribution in [2.75, 3.05) is 5.32 Å².